The maximum Gasteiger partial charge on any atom is 0.264 e. The molecule has 0 heterocycles. The lowest BCUT2D eigenvalue weighted by Gasteiger charge is -2.24. The van der Waals surface area contributed by atoms with Crippen molar-refractivity contribution < 1.29 is 13.2 Å². The zero-order valence-electron chi connectivity index (χ0n) is 22.7. The first kappa shape index (κ1) is 27.1. The van der Waals surface area contributed by atoms with Crippen LogP contribution in [0.5, 0.6) is 0 Å². The Balaban J connectivity index is 1.44. The highest BCUT2D eigenvalue weighted by atomic mass is 32.2. The number of amides is 1. The monoisotopic (exact) mass is 549 g/mol. The predicted molar refractivity (Wildman–Crippen MR) is 163 cm³/mol. The van der Waals surface area contributed by atoms with Crippen molar-refractivity contribution in [2.75, 3.05) is 10.8 Å². The molecule has 5 aromatic rings. The van der Waals surface area contributed by atoms with Gasteiger partial charge in [0, 0.05) is 5.56 Å². The number of hydrazone groups is 1. The zero-order chi connectivity index (χ0) is 28.3. The molecule has 5 aromatic carbocycles. The normalized spacial score (nSPS) is 11.9. The number of rotatable bonds is 8. The molecule has 202 valence electrons. The van der Waals surface area contributed by atoms with E-state index in [9.17, 15) is 13.2 Å². The lowest BCUT2D eigenvalue weighted by Crippen LogP contribution is -2.39. The highest BCUT2D eigenvalue weighted by Gasteiger charge is 2.27. The molecule has 0 atom stereocenters. The van der Waals surface area contributed by atoms with Gasteiger partial charge in [0.05, 0.1) is 16.8 Å². The summed E-state index contributed by atoms with van der Waals surface area (Å²) in [6, 6.07) is 32.0. The Labute approximate surface area is 235 Å². The second-order valence-corrected chi connectivity index (χ2v) is 12.0. The molecule has 0 unspecified atom stereocenters. The fourth-order valence-corrected chi connectivity index (χ4v) is 6.12. The van der Waals surface area contributed by atoms with E-state index in [1.807, 2.05) is 67.6 Å². The van der Waals surface area contributed by atoms with Crippen LogP contribution < -0.4 is 9.73 Å². The molecule has 0 aliphatic heterocycles. The second kappa shape index (κ2) is 11.3. The number of nitrogens with one attached hydrogen (secondary N) is 1. The van der Waals surface area contributed by atoms with Gasteiger partial charge in [0.2, 0.25) is 0 Å². The number of aryl methyl sites for hydroxylation is 1. The van der Waals surface area contributed by atoms with Gasteiger partial charge in [0.1, 0.15) is 6.54 Å². The summed E-state index contributed by atoms with van der Waals surface area (Å²) in [6.07, 6.45) is 1.62. The van der Waals surface area contributed by atoms with E-state index in [1.165, 1.54) is 0 Å². The van der Waals surface area contributed by atoms with Gasteiger partial charge in [-0.15, -0.1) is 0 Å². The number of hydrogen-bond acceptors (Lipinski definition) is 4. The van der Waals surface area contributed by atoms with Crippen LogP contribution in [0, 0.1) is 6.92 Å². The third kappa shape index (κ3) is 5.60. The van der Waals surface area contributed by atoms with E-state index < -0.39 is 22.5 Å². The van der Waals surface area contributed by atoms with E-state index in [1.54, 1.807) is 42.6 Å². The molecule has 0 fully saturated rings. The third-order valence-electron chi connectivity index (χ3n) is 6.94. The van der Waals surface area contributed by atoms with Crippen molar-refractivity contribution in [3.8, 4) is 0 Å². The molecule has 0 aliphatic carbocycles. The van der Waals surface area contributed by atoms with Crippen LogP contribution in [-0.4, -0.2) is 27.1 Å². The summed E-state index contributed by atoms with van der Waals surface area (Å²) in [7, 11) is -4.01. The lowest BCUT2D eigenvalue weighted by molar-refractivity contribution is -0.119. The summed E-state index contributed by atoms with van der Waals surface area (Å²) in [5, 5.41) is 8.39. The Bertz CT molecular complexity index is 1760. The number of fused-ring (bicyclic) bond motifs is 2. The van der Waals surface area contributed by atoms with Crippen LogP contribution in [0.2, 0.25) is 0 Å². The van der Waals surface area contributed by atoms with Crippen LogP contribution in [-0.2, 0) is 14.8 Å². The lowest BCUT2D eigenvalue weighted by atomic mass is 9.97. The van der Waals surface area contributed by atoms with Crippen LogP contribution >= 0.6 is 0 Å². The molecule has 0 spiro atoms. The van der Waals surface area contributed by atoms with Gasteiger partial charge < -0.3 is 0 Å². The molecule has 0 saturated carbocycles. The number of sulfonamides is 1. The number of carbonyl (C=O) groups is 1. The van der Waals surface area contributed by atoms with E-state index >= 15 is 0 Å². The molecule has 1 N–H and O–H groups in total. The SMILES string of the molecule is Cc1ccc(S(=O)(=O)N(CC(=O)N/N=C\c2c3ccccc3cc3ccccc23)c2ccc(C(C)C)cc2)cc1. The van der Waals surface area contributed by atoms with E-state index in [2.05, 4.69) is 30.4 Å². The van der Waals surface area contributed by atoms with Crippen molar-refractivity contribution in [3.05, 3.63) is 120 Å². The van der Waals surface area contributed by atoms with E-state index in [0.717, 1.165) is 42.5 Å². The Kier molecular flexibility index (Phi) is 7.67. The summed E-state index contributed by atoms with van der Waals surface area (Å²) in [4.78, 5) is 13.2. The van der Waals surface area contributed by atoms with Gasteiger partial charge in [-0.1, -0.05) is 92.2 Å². The summed E-state index contributed by atoms with van der Waals surface area (Å²) >= 11 is 0. The quantitative estimate of drug-likeness (QED) is 0.132. The number of anilines is 1. The number of hydrogen-bond donors (Lipinski definition) is 1. The molecule has 0 aromatic heterocycles. The first-order valence-corrected chi connectivity index (χ1v) is 14.6. The number of carbonyl (C=O) groups excluding carboxylic acids is 1. The number of benzene rings is 5. The molecular formula is C33H31N3O3S. The van der Waals surface area contributed by atoms with Crippen molar-refractivity contribution in [2.45, 2.75) is 31.6 Å². The summed E-state index contributed by atoms with van der Waals surface area (Å²) in [6.45, 7) is 5.61. The van der Waals surface area contributed by atoms with Gasteiger partial charge in [-0.3, -0.25) is 9.10 Å². The molecule has 5 rings (SSSR count). The van der Waals surface area contributed by atoms with Crippen LogP contribution in [0.25, 0.3) is 21.5 Å². The second-order valence-electron chi connectivity index (χ2n) is 10.1. The van der Waals surface area contributed by atoms with Gasteiger partial charge in [-0.2, -0.15) is 5.10 Å². The van der Waals surface area contributed by atoms with Crippen molar-refractivity contribution >= 4 is 49.4 Å². The van der Waals surface area contributed by atoms with Crippen LogP contribution in [0.3, 0.4) is 0 Å². The molecule has 0 aliphatic rings. The van der Waals surface area contributed by atoms with Crippen molar-refractivity contribution in [1.82, 2.24) is 5.43 Å². The third-order valence-corrected chi connectivity index (χ3v) is 8.73. The summed E-state index contributed by atoms with van der Waals surface area (Å²) < 4.78 is 28.5. The van der Waals surface area contributed by atoms with E-state index in [0.29, 0.717) is 11.6 Å². The first-order valence-electron chi connectivity index (χ1n) is 13.2. The highest BCUT2D eigenvalue weighted by Crippen LogP contribution is 2.28. The van der Waals surface area contributed by atoms with Crippen molar-refractivity contribution in [2.24, 2.45) is 5.10 Å². The Hall–Kier alpha value is -4.49. The van der Waals surface area contributed by atoms with Gasteiger partial charge in [0.25, 0.3) is 15.9 Å². The average molecular weight is 550 g/mol. The summed E-state index contributed by atoms with van der Waals surface area (Å²) in [5.74, 6) is -0.261. The smallest absolute Gasteiger partial charge is 0.264 e. The standard InChI is InChI=1S/C33H31N3O3S/c1-23(2)25-14-16-28(17-15-25)36(40(38,39)29-18-12-24(3)13-19-29)22-33(37)35-34-21-32-30-10-6-4-8-26(30)20-27-9-5-7-11-31(27)32/h4-21,23H,22H2,1-3H3,(H,35,37)/b34-21-. The molecule has 40 heavy (non-hydrogen) atoms. The maximum absolute atomic E-state index is 13.7. The van der Waals surface area contributed by atoms with Gasteiger partial charge >= 0.3 is 0 Å². The molecule has 6 nitrogen and oxygen atoms in total. The molecule has 7 heteroatoms. The Morgan fingerprint density at radius 3 is 2.00 bits per heavy atom. The minimum atomic E-state index is -4.01. The van der Waals surface area contributed by atoms with Crippen molar-refractivity contribution in [1.29, 1.82) is 0 Å². The number of nitrogens with zero attached hydrogens (tertiary/aromatic N) is 2. The van der Waals surface area contributed by atoms with Gasteiger partial charge in [-0.05, 0) is 70.3 Å². The van der Waals surface area contributed by atoms with Crippen LogP contribution in [0.1, 0.15) is 36.5 Å². The maximum atomic E-state index is 13.7. The molecular weight excluding hydrogens is 518 g/mol. The minimum Gasteiger partial charge on any atom is -0.271 e. The Morgan fingerprint density at radius 1 is 0.850 bits per heavy atom. The Morgan fingerprint density at radius 2 is 1.43 bits per heavy atom. The molecule has 0 saturated heterocycles. The fourth-order valence-electron chi connectivity index (χ4n) is 4.70. The van der Waals surface area contributed by atoms with Crippen molar-refractivity contribution in [3.63, 3.8) is 0 Å². The zero-order valence-corrected chi connectivity index (χ0v) is 23.5. The largest absolute Gasteiger partial charge is 0.271 e. The van der Waals surface area contributed by atoms with Crippen LogP contribution in [0.4, 0.5) is 5.69 Å². The van der Waals surface area contributed by atoms with Gasteiger partial charge in [-0.25, -0.2) is 13.8 Å². The van der Waals surface area contributed by atoms with Crippen LogP contribution in [0.15, 0.2) is 113 Å². The topological polar surface area (TPSA) is 78.8 Å². The van der Waals surface area contributed by atoms with E-state index in [-0.39, 0.29) is 4.90 Å². The fraction of sp³-hybridized carbons (Fsp3) is 0.152. The highest BCUT2D eigenvalue weighted by molar-refractivity contribution is 7.92. The average Bonchev–Trinajstić information content (AvgIpc) is 2.95. The minimum absolute atomic E-state index is 0.115. The summed E-state index contributed by atoms with van der Waals surface area (Å²) in [5.41, 5.74) is 5.85. The van der Waals surface area contributed by atoms with Gasteiger partial charge in [0.15, 0.2) is 0 Å². The molecule has 1 amide bonds. The predicted octanol–water partition coefficient (Wildman–Crippen LogP) is 6.77. The molecule has 0 bridgehead atoms. The first-order chi connectivity index (χ1) is 19.2. The molecule has 0 radical (unpaired) electrons. The van der Waals surface area contributed by atoms with E-state index in [4.69, 9.17) is 0 Å².